The molecule has 2 amide bonds. The van der Waals surface area contributed by atoms with Crippen LogP contribution in [0, 0.1) is 0 Å². The van der Waals surface area contributed by atoms with Gasteiger partial charge in [-0.25, -0.2) is 0 Å². The molecule has 0 radical (unpaired) electrons. The quantitative estimate of drug-likeness (QED) is 0.580. The molecule has 2 heterocycles. The molecule has 2 aromatic carbocycles. The molecule has 0 aliphatic carbocycles. The Kier molecular flexibility index (Phi) is 7.48. The van der Waals surface area contributed by atoms with Gasteiger partial charge < -0.3 is 19.9 Å². The second-order valence-corrected chi connectivity index (χ2v) is 9.34. The molecule has 2 saturated heterocycles. The molecular formula is C26H32N4O3S. The van der Waals surface area contributed by atoms with E-state index in [1.165, 1.54) is 5.56 Å². The highest BCUT2D eigenvalue weighted by molar-refractivity contribution is 7.80. The van der Waals surface area contributed by atoms with Crippen molar-refractivity contribution in [2.24, 2.45) is 0 Å². The van der Waals surface area contributed by atoms with Crippen molar-refractivity contribution in [2.75, 3.05) is 42.4 Å². The van der Waals surface area contributed by atoms with Crippen LogP contribution < -0.4 is 15.1 Å². The molecule has 180 valence electrons. The van der Waals surface area contributed by atoms with Crippen LogP contribution in [0.2, 0.25) is 0 Å². The lowest BCUT2D eigenvalue weighted by Crippen LogP contribution is -2.42. The summed E-state index contributed by atoms with van der Waals surface area (Å²) >= 11 is 5.76. The number of carbonyl (C=O) groups is 2. The number of hydrogen-bond acceptors (Lipinski definition) is 5. The highest BCUT2D eigenvalue weighted by Crippen LogP contribution is 2.30. The number of benzene rings is 2. The lowest BCUT2D eigenvalue weighted by molar-refractivity contribution is -0.124. The van der Waals surface area contributed by atoms with E-state index in [4.69, 9.17) is 17.0 Å². The molecular weight excluding hydrogens is 448 g/mol. The van der Waals surface area contributed by atoms with Crippen LogP contribution in [-0.2, 0) is 20.7 Å². The van der Waals surface area contributed by atoms with Gasteiger partial charge in [-0.3, -0.25) is 14.5 Å². The van der Waals surface area contributed by atoms with Gasteiger partial charge in [-0.15, -0.1) is 0 Å². The van der Waals surface area contributed by atoms with Gasteiger partial charge in [0.25, 0.3) is 5.91 Å². The van der Waals surface area contributed by atoms with Crippen LogP contribution in [-0.4, -0.2) is 61.2 Å². The summed E-state index contributed by atoms with van der Waals surface area (Å²) in [5, 5.41) is 3.35. The number of carbonyl (C=O) groups excluding carboxylic acids is 2. The van der Waals surface area contributed by atoms with E-state index >= 15 is 0 Å². The molecule has 0 unspecified atom stereocenters. The minimum Gasteiger partial charge on any atom is -0.378 e. The Morgan fingerprint density at radius 2 is 1.85 bits per heavy atom. The normalized spacial score (nSPS) is 20.2. The third-order valence-electron chi connectivity index (χ3n) is 6.39. The first-order valence-electron chi connectivity index (χ1n) is 11.8. The summed E-state index contributed by atoms with van der Waals surface area (Å²) in [7, 11) is 3.93. The zero-order valence-corrected chi connectivity index (χ0v) is 20.8. The van der Waals surface area contributed by atoms with Crippen LogP contribution in [0.1, 0.15) is 31.7 Å². The predicted octanol–water partition coefficient (Wildman–Crippen LogP) is 3.82. The molecule has 0 aromatic heterocycles. The van der Waals surface area contributed by atoms with Crippen molar-refractivity contribution in [1.82, 2.24) is 4.90 Å². The van der Waals surface area contributed by atoms with E-state index in [9.17, 15) is 9.59 Å². The van der Waals surface area contributed by atoms with Crippen LogP contribution in [0.3, 0.4) is 0 Å². The second-order valence-electron chi connectivity index (χ2n) is 8.97. The van der Waals surface area contributed by atoms with Gasteiger partial charge in [-0.2, -0.15) is 0 Å². The van der Waals surface area contributed by atoms with Crippen LogP contribution in [0.25, 0.3) is 0 Å². The van der Waals surface area contributed by atoms with Gasteiger partial charge in [-0.05, 0) is 73.4 Å². The highest BCUT2D eigenvalue weighted by atomic mass is 32.1. The number of nitrogens with zero attached hydrogens (tertiary/aromatic N) is 3. The summed E-state index contributed by atoms with van der Waals surface area (Å²) in [4.78, 5) is 31.9. The van der Waals surface area contributed by atoms with Crippen LogP contribution >= 0.6 is 12.2 Å². The zero-order chi connectivity index (χ0) is 24.2. The van der Waals surface area contributed by atoms with Crippen molar-refractivity contribution in [3.05, 3.63) is 54.1 Å². The summed E-state index contributed by atoms with van der Waals surface area (Å²) < 4.78 is 5.82. The Balaban J connectivity index is 1.53. The number of amides is 2. The van der Waals surface area contributed by atoms with Gasteiger partial charge in [0.15, 0.2) is 5.11 Å². The largest absolute Gasteiger partial charge is 0.378 e. The first-order valence-corrected chi connectivity index (χ1v) is 12.2. The monoisotopic (exact) mass is 480 g/mol. The maximum atomic E-state index is 13.6. The summed E-state index contributed by atoms with van der Waals surface area (Å²) in [5.41, 5.74) is 3.66. The van der Waals surface area contributed by atoms with Crippen molar-refractivity contribution in [3.63, 3.8) is 0 Å². The molecule has 2 aromatic rings. The number of hydrogen-bond donors (Lipinski definition) is 1. The zero-order valence-electron chi connectivity index (χ0n) is 20.0. The van der Waals surface area contributed by atoms with E-state index < -0.39 is 6.04 Å². The first kappa shape index (κ1) is 24.2. The molecule has 2 aliphatic rings. The number of ether oxygens (including phenoxy) is 1. The maximum Gasteiger partial charge on any atom is 0.256 e. The average molecular weight is 481 g/mol. The molecule has 34 heavy (non-hydrogen) atoms. The molecule has 0 spiro atoms. The standard InChI is InChI=1S/C26H32N4O3S/c1-4-18-7-9-19(10-8-18)27-24(31)16-23-25(32)30(21-13-11-20(12-14-21)28(2)3)26(34)29(23)17-22-6-5-15-33-22/h7-14,22-23H,4-6,15-17H2,1-3H3,(H,27,31)/t22-,23-/m1/s1. The van der Waals surface area contributed by atoms with Crippen LogP contribution in [0.4, 0.5) is 17.1 Å². The fourth-order valence-electron chi connectivity index (χ4n) is 4.40. The molecule has 4 rings (SSSR count). The van der Waals surface area contributed by atoms with E-state index in [1.54, 1.807) is 4.90 Å². The molecule has 8 heteroatoms. The summed E-state index contributed by atoms with van der Waals surface area (Å²) in [6.45, 7) is 3.30. The van der Waals surface area contributed by atoms with Crippen molar-refractivity contribution in [2.45, 2.75) is 44.8 Å². The van der Waals surface area contributed by atoms with E-state index in [2.05, 4.69) is 12.2 Å². The van der Waals surface area contributed by atoms with E-state index in [-0.39, 0.29) is 24.3 Å². The Labute approximate surface area is 206 Å². The Morgan fingerprint density at radius 1 is 1.15 bits per heavy atom. The van der Waals surface area contributed by atoms with Gasteiger partial charge >= 0.3 is 0 Å². The fraction of sp³-hybridized carbons (Fsp3) is 0.423. The fourth-order valence-corrected chi connectivity index (χ4v) is 4.80. The summed E-state index contributed by atoms with van der Waals surface area (Å²) in [6, 6.07) is 14.8. The van der Waals surface area contributed by atoms with E-state index in [1.807, 2.05) is 72.4 Å². The lowest BCUT2D eigenvalue weighted by Gasteiger charge is -2.26. The third-order valence-corrected chi connectivity index (χ3v) is 6.81. The molecule has 2 aliphatic heterocycles. The van der Waals surface area contributed by atoms with Gasteiger partial charge in [-0.1, -0.05) is 19.1 Å². The van der Waals surface area contributed by atoms with Crippen LogP contribution in [0.5, 0.6) is 0 Å². The Hall–Kier alpha value is -2.97. The average Bonchev–Trinajstić information content (AvgIpc) is 3.42. The number of anilines is 3. The minimum atomic E-state index is -0.667. The molecule has 7 nitrogen and oxygen atoms in total. The van der Waals surface area contributed by atoms with Crippen molar-refractivity contribution in [1.29, 1.82) is 0 Å². The second kappa shape index (κ2) is 10.5. The SMILES string of the molecule is CCc1ccc(NC(=O)C[C@@H]2C(=O)N(c3ccc(N(C)C)cc3)C(=S)N2C[C@H]2CCCO2)cc1. The molecule has 0 saturated carbocycles. The highest BCUT2D eigenvalue weighted by Gasteiger charge is 2.45. The minimum absolute atomic E-state index is 0.00830. The first-order chi connectivity index (χ1) is 16.4. The maximum absolute atomic E-state index is 13.6. The van der Waals surface area contributed by atoms with Gasteiger partial charge in [0, 0.05) is 38.6 Å². The van der Waals surface area contributed by atoms with Gasteiger partial charge in [0.2, 0.25) is 5.91 Å². The Bertz CT molecular complexity index is 1030. The number of nitrogens with one attached hydrogen (secondary N) is 1. The Morgan fingerprint density at radius 3 is 2.44 bits per heavy atom. The lowest BCUT2D eigenvalue weighted by atomic mass is 10.1. The molecule has 2 atom stereocenters. The number of rotatable bonds is 8. The third kappa shape index (κ3) is 5.23. The van der Waals surface area contributed by atoms with Crippen molar-refractivity contribution >= 4 is 46.2 Å². The summed E-state index contributed by atoms with van der Waals surface area (Å²) in [6.07, 6.45) is 2.88. The van der Waals surface area contributed by atoms with E-state index in [0.29, 0.717) is 24.0 Å². The molecule has 2 fully saturated rings. The molecule has 1 N–H and O–H groups in total. The predicted molar refractivity (Wildman–Crippen MR) is 139 cm³/mol. The van der Waals surface area contributed by atoms with Crippen molar-refractivity contribution in [3.8, 4) is 0 Å². The van der Waals surface area contributed by atoms with E-state index in [0.717, 1.165) is 30.6 Å². The topological polar surface area (TPSA) is 65.1 Å². The summed E-state index contributed by atoms with van der Waals surface area (Å²) in [5.74, 6) is -0.398. The van der Waals surface area contributed by atoms with Crippen molar-refractivity contribution < 1.29 is 14.3 Å². The number of aryl methyl sites for hydroxylation is 1. The molecule has 0 bridgehead atoms. The van der Waals surface area contributed by atoms with Gasteiger partial charge in [0.1, 0.15) is 6.04 Å². The van der Waals surface area contributed by atoms with Gasteiger partial charge in [0.05, 0.1) is 18.2 Å². The number of thiocarbonyl (C=S) groups is 1. The van der Waals surface area contributed by atoms with Crippen LogP contribution in [0.15, 0.2) is 48.5 Å². The smallest absolute Gasteiger partial charge is 0.256 e.